The predicted molar refractivity (Wildman–Crippen MR) is 103 cm³/mol. The van der Waals surface area contributed by atoms with E-state index in [0.29, 0.717) is 30.4 Å². The van der Waals surface area contributed by atoms with E-state index in [0.717, 1.165) is 29.5 Å². The molecule has 1 saturated heterocycles. The lowest BCUT2D eigenvalue weighted by Crippen LogP contribution is -2.38. The van der Waals surface area contributed by atoms with Crippen LogP contribution in [0.15, 0.2) is 46.9 Å². The molecule has 0 radical (unpaired) electrons. The van der Waals surface area contributed by atoms with Crippen molar-refractivity contribution in [2.45, 2.75) is 25.7 Å². The lowest BCUT2D eigenvalue weighted by Gasteiger charge is -2.31. The van der Waals surface area contributed by atoms with Crippen LogP contribution in [0.1, 0.15) is 40.4 Å². The number of piperidine rings is 1. The first-order chi connectivity index (χ1) is 13.1. The minimum Gasteiger partial charge on any atom is -0.508 e. The van der Waals surface area contributed by atoms with E-state index in [1.807, 2.05) is 42.2 Å². The molecule has 27 heavy (non-hydrogen) atoms. The molecule has 0 unspecified atom stereocenters. The Morgan fingerprint density at radius 3 is 2.52 bits per heavy atom. The number of likely N-dealkylation sites (tertiary alicyclic amines) is 1. The molecule has 1 aliphatic rings. The number of nitrogens with zero attached hydrogens (tertiary/aromatic N) is 1. The fourth-order valence-electron chi connectivity index (χ4n) is 3.84. The van der Waals surface area contributed by atoms with E-state index in [1.54, 1.807) is 19.2 Å². The van der Waals surface area contributed by atoms with Gasteiger partial charge in [-0.1, -0.05) is 12.1 Å². The summed E-state index contributed by atoms with van der Waals surface area (Å²) in [6, 6.07) is 13.0. The highest BCUT2D eigenvalue weighted by Crippen LogP contribution is 2.32. The number of ether oxygens (including phenoxy) is 1. The molecule has 0 aliphatic carbocycles. The summed E-state index contributed by atoms with van der Waals surface area (Å²) in [5, 5.41) is 10.4. The molecular formula is C22H23NO4. The van der Waals surface area contributed by atoms with Crippen molar-refractivity contribution >= 4 is 16.9 Å². The smallest absolute Gasteiger partial charge is 0.289 e. The van der Waals surface area contributed by atoms with E-state index in [-0.39, 0.29) is 11.7 Å². The first-order valence-electron chi connectivity index (χ1n) is 9.22. The van der Waals surface area contributed by atoms with Gasteiger partial charge in [-0.15, -0.1) is 0 Å². The zero-order valence-corrected chi connectivity index (χ0v) is 15.6. The third-order valence-corrected chi connectivity index (χ3v) is 5.48. The van der Waals surface area contributed by atoms with Crippen LogP contribution < -0.4 is 4.74 Å². The predicted octanol–water partition coefficient (Wildman–Crippen LogP) is 4.48. The molecular weight excluding hydrogens is 342 g/mol. The van der Waals surface area contributed by atoms with Crippen molar-refractivity contribution in [3.8, 4) is 11.5 Å². The number of phenols is 1. The SMILES string of the molecule is COc1ccc2oc(C(=O)N3CCC(c4ccc(O)cc4)CC3)c(C)c2c1. The number of furan rings is 1. The van der Waals surface area contributed by atoms with Gasteiger partial charge in [0.15, 0.2) is 5.76 Å². The summed E-state index contributed by atoms with van der Waals surface area (Å²) in [4.78, 5) is 14.9. The maximum Gasteiger partial charge on any atom is 0.289 e. The highest BCUT2D eigenvalue weighted by molar-refractivity contribution is 5.99. The molecule has 1 fully saturated rings. The Kier molecular flexibility index (Phi) is 4.52. The summed E-state index contributed by atoms with van der Waals surface area (Å²) in [5.74, 6) is 1.81. The fourth-order valence-corrected chi connectivity index (χ4v) is 3.84. The van der Waals surface area contributed by atoms with Crippen LogP contribution in [0.5, 0.6) is 11.5 Å². The molecule has 5 nitrogen and oxygen atoms in total. The Balaban J connectivity index is 1.50. The minimum absolute atomic E-state index is 0.0492. The first kappa shape index (κ1) is 17.5. The third kappa shape index (κ3) is 3.25. The molecule has 4 rings (SSSR count). The number of aromatic hydroxyl groups is 1. The average molecular weight is 365 g/mol. The topological polar surface area (TPSA) is 62.9 Å². The third-order valence-electron chi connectivity index (χ3n) is 5.48. The van der Waals surface area contributed by atoms with Crippen molar-refractivity contribution in [1.29, 1.82) is 0 Å². The molecule has 2 heterocycles. The van der Waals surface area contributed by atoms with E-state index < -0.39 is 0 Å². The van der Waals surface area contributed by atoms with Gasteiger partial charge >= 0.3 is 0 Å². The van der Waals surface area contributed by atoms with Gasteiger partial charge in [-0.3, -0.25) is 4.79 Å². The Bertz CT molecular complexity index is 966. The van der Waals surface area contributed by atoms with Crippen molar-refractivity contribution in [2.75, 3.05) is 20.2 Å². The average Bonchev–Trinajstić information content (AvgIpc) is 3.04. The Hall–Kier alpha value is -2.95. The fraction of sp³-hybridized carbons (Fsp3) is 0.318. The van der Waals surface area contributed by atoms with Crippen LogP contribution in [-0.2, 0) is 0 Å². The van der Waals surface area contributed by atoms with E-state index in [4.69, 9.17) is 9.15 Å². The second-order valence-corrected chi connectivity index (χ2v) is 7.08. The van der Waals surface area contributed by atoms with Gasteiger partial charge in [0.1, 0.15) is 17.1 Å². The number of methoxy groups -OCH3 is 1. The van der Waals surface area contributed by atoms with Gasteiger partial charge < -0.3 is 19.2 Å². The monoisotopic (exact) mass is 365 g/mol. The van der Waals surface area contributed by atoms with Crippen molar-refractivity contribution in [3.05, 3.63) is 59.4 Å². The number of hydrogen-bond donors (Lipinski definition) is 1. The van der Waals surface area contributed by atoms with E-state index in [2.05, 4.69) is 0 Å². The quantitative estimate of drug-likeness (QED) is 0.743. The van der Waals surface area contributed by atoms with Crippen molar-refractivity contribution in [3.63, 3.8) is 0 Å². The standard InChI is InChI=1S/C22H23NO4/c1-14-19-13-18(26-2)7-8-20(19)27-21(14)22(25)23-11-9-16(10-12-23)15-3-5-17(24)6-4-15/h3-8,13,16,24H,9-12H2,1-2H3. The summed E-state index contributed by atoms with van der Waals surface area (Å²) in [5.41, 5.74) is 2.78. The maximum absolute atomic E-state index is 13.0. The second kappa shape index (κ2) is 6.99. The van der Waals surface area contributed by atoms with E-state index in [9.17, 15) is 9.90 Å². The van der Waals surface area contributed by atoms with Crippen LogP contribution in [0.2, 0.25) is 0 Å². The van der Waals surface area contributed by atoms with Crippen molar-refractivity contribution in [2.24, 2.45) is 0 Å². The van der Waals surface area contributed by atoms with Crippen LogP contribution in [0.3, 0.4) is 0 Å². The summed E-state index contributed by atoms with van der Waals surface area (Å²) >= 11 is 0. The molecule has 3 aromatic rings. The molecule has 140 valence electrons. The number of rotatable bonds is 3. The number of carbonyl (C=O) groups is 1. The second-order valence-electron chi connectivity index (χ2n) is 7.08. The molecule has 0 bridgehead atoms. The first-order valence-corrected chi connectivity index (χ1v) is 9.22. The van der Waals surface area contributed by atoms with Gasteiger partial charge in [-0.2, -0.15) is 0 Å². The summed E-state index contributed by atoms with van der Waals surface area (Å²) in [6.07, 6.45) is 1.81. The lowest BCUT2D eigenvalue weighted by molar-refractivity contribution is 0.0682. The number of fused-ring (bicyclic) bond motifs is 1. The summed E-state index contributed by atoms with van der Waals surface area (Å²) in [6.45, 7) is 3.32. The minimum atomic E-state index is -0.0492. The summed E-state index contributed by atoms with van der Waals surface area (Å²) in [7, 11) is 1.63. The molecule has 0 spiro atoms. The molecule has 1 aliphatic heterocycles. The number of amides is 1. The van der Waals surface area contributed by atoms with Gasteiger partial charge in [-0.05, 0) is 61.6 Å². The largest absolute Gasteiger partial charge is 0.508 e. The molecule has 2 aromatic carbocycles. The van der Waals surface area contributed by atoms with E-state index in [1.165, 1.54) is 5.56 Å². The van der Waals surface area contributed by atoms with Crippen molar-refractivity contribution < 1.29 is 19.1 Å². The van der Waals surface area contributed by atoms with Gasteiger partial charge in [0, 0.05) is 24.0 Å². The van der Waals surface area contributed by atoms with Crippen LogP contribution >= 0.6 is 0 Å². The highest BCUT2D eigenvalue weighted by atomic mass is 16.5. The molecule has 1 aromatic heterocycles. The maximum atomic E-state index is 13.0. The highest BCUT2D eigenvalue weighted by Gasteiger charge is 2.28. The number of phenolic OH excluding ortho intramolecular Hbond substituents is 1. The van der Waals surface area contributed by atoms with Gasteiger partial charge in [-0.25, -0.2) is 0 Å². The summed E-state index contributed by atoms with van der Waals surface area (Å²) < 4.78 is 11.1. The molecule has 5 heteroatoms. The Morgan fingerprint density at radius 1 is 1.15 bits per heavy atom. The lowest BCUT2D eigenvalue weighted by atomic mass is 9.89. The van der Waals surface area contributed by atoms with Crippen LogP contribution in [0, 0.1) is 6.92 Å². The zero-order chi connectivity index (χ0) is 19.0. The van der Waals surface area contributed by atoms with E-state index >= 15 is 0 Å². The Labute approximate surface area is 158 Å². The Morgan fingerprint density at radius 2 is 1.85 bits per heavy atom. The number of hydrogen-bond acceptors (Lipinski definition) is 4. The molecule has 1 amide bonds. The molecule has 1 N–H and O–H groups in total. The van der Waals surface area contributed by atoms with Crippen molar-refractivity contribution in [1.82, 2.24) is 4.90 Å². The zero-order valence-electron chi connectivity index (χ0n) is 15.6. The molecule has 0 saturated carbocycles. The van der Waals surface area contributed by atoms with Crippen LogP contribution in [0.25, 0.3) is 11.0 Å². The van der Waals surface area contributed by atoms with Gasteiger partial charge in [0.05, 0.1) is 7.11 Å². The molecule has 0 atom stereocenters. The number of aryl methyl sites for hydroxylation is 1. The van der Waals surface area contributed by atoms with Gasteiger partial charge in [0.25, 0.3) is 5.91 Å². The van der Waals surface area contributed by atoms with Gasteiger partial charge in [0.2, 0.25) is 0 Å². The van der Waals surface area contributed by atoms with Crippen LogP contribution in [-0.4, -0.2) is 36.1 Å². The number of benzene rings is 2. The van der Waals surface area contributed by atoms with Crippen LogP contribution in [0.4, 0.5) is 0 Å². The normalized spacial score (nSPS) is 15.3. The number of carbonyl (C=O) groups excluding carboxylic acids is 1.